The van der Waals surface area contributed by atoms with Crippen molar-refractivity contribution >= 4 is 11.7 Å². The number of nitrogens with one attached hydrogen (secondary N) is 1. The molecule has 0 saturated carbocycles. The Balaban J connectivity index is 1.45. The molecule has 1 amide bonds. The highest BCUT2D eigenvalue weighted by atomic mass is 16.5. The number of carbonyl (C=O) groups excluding carboxylic acids is 1. The molecule has 3 heterocycles. The number of anilines is 1. The van der Waals surface area contributed by atoms with Crippen LogP contribution in [0.15, 0.2) is 12.1 Å². The third kappa shape index (κ3) is 5.02. The second-order valence-electron chi connectivity index (χ2n) is 6.46. The fourth-order valence-corrected chi connectivity index (χ4v) is 3.30. The molecule has 0 bridgehead atoms. The monoisotopic (exact) mass is 349 g/mol. The van der Waals surface area contributed by atoms with E-state index in [2.05, 4.69) is 25.3 Å². The number of amides is 1. The summed E-state index contributed by atoms with van der Waals surface area (Å²) in [5.41, 5.74) is 0. The molecule has 2 aliphatic heterocycles. The maximum atomic E-state index is 12.5. The van der Waals surface area contributed by atoms with Gasteiger partial charge in [-0.3, -0.25) is 9.69 Å². The first-order valence-electron chi connectivity index (χ1n) is 8.97. The number of aromatic nitrogens is 2. The van der Waals surface area contributed by atoms with E-state index in [-0.39, 0.29) is 11.8 Å². The Hall–Kier alpha value is -1.93. The Morgan fingerprint density at radius 1 is 1.32 bits per heavy atom. The largest absolute Gasteiger partial charge is 0.480 e. The van der Waals surface area contributed by atoms with E-state index in [1.807, 2.05) is 6.07 Å². The zero-order valence-corrected chi connectivity index (χ0v) is 14.8. The summed E-state index contributed by atoms with van der Waals surface area (Å²) in [6, 6.07) is 3.69. The molecule has 0 radical (unpaired) electrons. The molecule has 1 aromatic heterocycles. The first-order chi connectivity index (χ1) is 12.3. The fourth-order valence-electron chi connectivity index (χ4n) is 3.30. The third-order valence-corrected chi connectivity index (χ3v) is 4.78. The lowest BCUT2D eigenvalue weighted by Gasteiger charge is -2.33. The number of carbonyl (C=O) groups is 1. The molecule has 8 heteroatoms. The molecule has 1 aromatic rings. The highest BCUT2D eigenvalue weighted by Crippen LogP contribution is 2.22. The first-order valence-corrected chi connectivity index (χ1v) is 8.97. The second kappa shape index (κ2) is 8.96. The maximum absolute atomic E-state index is 12.5. The molecular weight excluding hydrogens is 322 g/mol. The van der Waals surface area contributed by atoms with Crippen LogP contribution < -0.4 is 15.0 Å². The Morgan fingerprint density at radius 2 is 2.16 bits per heavy atom. The van der Waals surface area contributed by atoms with Gasteiger partial charge in [-0.15, -0.1) is 10.2 Å². The van der Waals surface area contributed by atoms with E-state index in [1.54, 1.807) is 13.2 Å². The van der Waals surface area contributed by atoms with Gasteiger partial charge in [0.25, 0.3) is 0 Å². The van der Waals surface area contributed by atoms with E-state index in [4.69, 9.17) is 9.47 Å². The van der Waals surface area contributed by atoms with Crippen molar-refractivity contribution in [3.05, 3.63) is 12.1 Å². The van der Waals surface area contributed by atoms with E-state index in [0.717, 1.165) is 58.1 Å². The standard InChI is InChI=1S/C17H27N5O3/c1-24-16-5-4-15(19-20-16)22-7-2-3-14(13-22)17(23)18-6-8-21-9-11-25-12-10-21/h4-5,14H,2-3,6-13H2,1H3,(H,18,23). The van der Waals surface area contributed by atoms with E-state index in [1.165, 1.54) is 0 Å². The van der Waals surface area contributed by atoms with Crippen LogP contribution >= 0.6 is 0 Å². The predicted octanol–water partition coefficient (Wildman–Crippen LogP) is 0.150. The van der Waals surface area contributed by atoms with Crippen molar-refractivity contribution in [3.63, 3.8) is 0 Å². The van der Waals surface area contributed by atoms with E-state index in [9.17, 15) is 4.79 Å². The van der Waals surface area contributed by atoms with Crippen LogP contribution in [0.1, 0.15) is 12.8 Å². The molecule has 1 atom stereocenters. The van der Waals surface area contributed by atoms with Gasteiger partial charge in [0.2, 0.25) is 11.8 Å². The number of ether oxygens (including phenoxy) is 2. The fraction of sp³-hybridized carbons (Fsp3) is 0.706. The predicted molar refractivity (Wildman–Crippen MR) is 93.8 cm³/mol. The molecule has 2 saturated heterocycles. The van der Waals surface area contributed by atoms with Crippen LogP contribution in [0.3, 0.4) is 0 Å². The van der Waals surface area contributed by atoms with Crippen molar-refractivity contribution in [3.8, 4) is 5.88 Å². The summed E-state index contributed by atoms with van der Waals surface area (Å²) in [4.78, 5) is 16.9. The topological polar surface area (TPSA) is 79.8 Å². The smallest absolute Gasteiger partial charge is 0.233 e. The van der Waals surface area contributed by atoms with E-state index >= 15 is 0 Å². The van der Waals surface area contributed by atoms with Crippen molar-refractivity contribution < 1.29 is 14.3 Å². The quantitative estimate of drug-likeness (QED) is 0.783. The summed E-state index contributed by atoms with van der Waals surface area (Å²) in [5.74, 6) is 1.44. The molecule has 0 aliphatic carbocycles. The Kier molecular flexibility index (Phi) is 6.41. The number of morpholine rings is 1. The zero-order chi connectivity index (χ0) is 17.5. The van der Waals surface area contributed by atoms with Gasteiger partial charge < -0.3 is 19.7 Å². The molecule has 1 N–H and O–H groups in total. The molecule has 138 valence electrons. The van der Waals surface area contributed by atoms with Gasteiger partial charge in [0.05, 0.1) is 26.2 Å². The van der Waals surface area contributed by atoms with Gasteiger partial charge in [-0.25, -0.2) is 0 Å². The van der Waals surface area contributed by atoms with Gasteiger partial charge in [-0.1, -0.05) is 0 Å². The van der Waals surface area contributed by atoms with E-state index < -0.39 is 0 Å². The van der Waals surface area contributed by atoms with Crippen LogP contribution in [0.5, 0.6) is 5.88 Å². The molecule has 3 rings (SSSR count). The average molecular weight is 349 g/mol. The normalized spacial score (nSPS) is 21.8. The summed E-state index contributed by atoms with van der Waals surface area (Å²) in [7, 11) is 1.57. The van der Waals surface area contributed by atoms with Crippen molar-refractivity contribution in [2.45, 2.75) is 12.8 Å². The molecule has 2 aliphatic rings. The van der Waals surface area contributed by atoms with Gasteiger partial charge in [-0.05, 0) is 18.9 Å². The number of nitrogens with zero attached hydrogens (tertiary/aromatic N) is 4. The van der Waals surface area contributed by atoms with Crippen LogP contribution in [0.25, 0.3) is 0 Å². The highest BCUT2D eigenvalue weighted by Gasteiger charge is 2.26. The van der Waals surface area contributed by atoms with Crippen LogP contribution in [-0.4, -0.2) is 80.6 Å². The number of hydrogen-bond acceptors (Lipinski definition) is 7. The number of methoxy groups -OCH3 is 1. The van der Waals surface area contributed by atoms with Crippen LogP contribution in [0.2, 0.25) is 0 Å². The Labute approximate surface area is 148 Å². The van der Waals surface area contributed by atoms with Gasteiger partial charge in [0, 0.05) is 45.3 Å². The van der Waals surface area contributed by atoms with Crippen molar-refractivity contribution in [1.29, 1.82) is 0 Å². The number of rotatable bonds is 6. The molecule has 25 heavy (non-hydrogen) atoms. The Morgan fingerprint density at radius 3 is 2.88 bits per heavy atom. The average Bonchev–Trinajstić information content (AvgIpc) is 2.69. The second-order valence-corrected chi connectivity index (χ2v) is 6.46. The lowest BCUT2D eigenvalue weighted by Crippen LogP contribution is -2.46. The first kappa shape index (κ1) is 17.9. The van der Waals surface area contributed by atoms with Crippen LogP contribution in [0.4, 0.5) is 5.82 Å². The number of piperidine rings is 1. The van der Waals surface area contributed by atoms with Crippen LogP contribution in [0, 0.1) is 5.92 Å². The molecule has 1 unspecified atom stereocenters. The van der Waals surface area contributed by atoms with E-state index in [0.29, 0.717) is 19.0 Å². The van der Waals surface area contributed by atoms with Crippen molar-refractivity contribution in [1.82, 2.24) is 20.4 Å². The summed E-state index contributed by atoms with van der Waals surface area (Å²) in [6.07, 6.45) is 1.90. The molecule has 0 aromatic carbocycles. The van der Waals surface area contributed by atoms with Crippen LogP contribution in [-0.2, 0) is 9.53 Å². The third-order valence-electron chi connectivity index (χ3n) is 4.78. The summed E-state index contributed by atoms with van der Waals surface area (Å²) < 4.78 is 10.4. The summed E-state index contributed by atoms with van der Waals surface area (Å²) >= 11 is 0. The summed E-state index contributed by atoms with van der Waals surface area (Å²) in [6.45, 7) is 6.63. The number of hydrogen-bond donors (Lipinski definition) is 1. The maximum Gasteiger partial charge on any atom is 0.233 e. The minimum absolute atomic E-state index is 0.00217. The van der Waals surface area contributed by atoms with Gasteiger partial charge >= 0.3 is 0 Å². The minimum Gasteiger partial charge on any atom is -0.480 e. The molecule has 2 fully saturated rings. The lowest BCUT2D eigenvalue weighted by molar-refractivity contribution is -0.125. The summed E-state index contributed by atoms with van der Waals surface area (Å²) in [5, 5.41) is 11.3. The lowest BCUT2D eigenvalue weighted by atomic mass is 9.97. The van der Waals surface area contributed by atoms with Gasteiger partial charge in [0.1, 0.15) is 0 Å². The highest BCUT2D eigenvalue weighted by molar-refractivity contribution is 5.79. The molecule has 8 nitrogen and oxygen atoms in total. The van der Waals surface area contributed by atoms with Crippen molar-refractivity contribution in [2.24, 2.45) is 5.92 Å². The Bertz CT molecular complexity index is 548. The van der Waals surface area contributed by atoms with Crippen molar-refractivity contribution in [2.75, 3.05) is 64.5 Å². The SMILES string of the molecule is COc1ccc(N2CCCC(C(=O)NCCN3CCOCC3)C2)nn1. The zero-order valence-electron chi connectivity index (χ0n) is 14.8. The molecule has 0 spiro atoms. The minimum atomic E-state index is 0.00217. The molecular formula is C17H27N5O3. The van der Waals surface area contributed by atoms with Gasteiger partial charge in [0.15, 0.2) is 5.82 Å². The van der Waals surface area contributed by atoms with Gasteiger partial charge in [-0.2, -0.15) is 0 Å².